The SMILES string of the molecule is CCOc1ccc(-n2c(SCC(=O)Nc3ccccc3)nc3sc4c(c3c2=O)CCN(CC)C4)cc1. The number of rotatable bonds is 8. The van der Waals surface area contributed by atoms with Crippen molar-refractivity contribution in [2.24, 2.45) is 0 Å². The van der Waals surface area contributed by atoms with Gasteiger partial charge >= 0.3 is 0 Å². The van der Waals surface area contributed by atoms with Crippen LogP contribution in [0.3, 0.4) is 0 Å². The number of anilines is 1. The van der Waals surface area contributed by atoms with Crippen LogP contribution in [0.25, 0.3) is 15.9 Å². The molecule has 0 saturated carbocycles. The van der Waals surface area contributed by atoms with Crippen LogP contribution >= 0.6 is 23.1 Å². The Hall–Kier alpha value is -3.14. The summed E-state index contributed by atoms with van der Waals surface area (Å²) in [5.74, 6) is 0.730. The molecule has 186 valence electrons. The molecular weight excluding hydrogens is 492 g/mol. The van der Waals surface area contributed by atoms with Gasteiger partial charge < -0.3 is 10.1 Å². The Bertz CT molecular complexity index is 1430. The van der Waals surface area contributed by atoms with Gasteiger partial charge in [0.1, 0.15) is 10.6 Å². The van der Waals surface area contributed by atoms with Crippen LogP contribution in [0, 0.1) is 0 Å². The highest BCUT2D eigenvalue weighted by Crippen LogP contribution is 2.34. The first-order chi connectivity index (χ1) is 17.6. The van der Waals surface area contributed by atoms with Crippen LogP contribution in [-0.4, -0.2) is 45.8 Å². The van der Waals surface area contributed by atoms with Gasteiger partial charge in [0.15, 0.2) is 5.16 Å². The Balaban J connectivity index is 1.53. The number of nitrogens with zero attached hydrogens (tertiary/aromatic N) is 3. The zero-order valence-electron chi connectivity index (χ0n) is 20.3. The summed E-state index contributed by atoms with van der Waals surface area (Å²) in [6, 6.07) is 16.8. The third kappa shape index (κ3) is 5.04. The summed E-state index contributed by atoms with van der Waals surface area (Å²) < 4.78 is 7.22. The molecule has 0 aliphatic carbocycles. The van der Waals surface area contributed by atoms with Gasteiger partial charge in [-0.25, -0.2) is 4.98 Å². The zero-order chi connectivity index (χ0) is 25.1. The Morgan fingerprint density at radius 3 is 2.64 bits per heavy atom. The number of hydrogen-bond acceptors (Lipinski definition) is 7. The van der Waals surface area contributed by atoms with E-state index in [0.717, 1.165) is 47.9 Å². The molecular formula is C27H28N4O3S2. The predicted octanol–water partition coefficient (Wildman–Crippen LogP) is 4.95. The second-order valence-corrected chi connectivity index (χ2v) is 10.5. The van der Waals surface area contributed by atoms with E-state index in [0.29, 0.717) is 22.8 Å². The van der Waals surface area contributed by atoms with Crippen LogP contribution in [0.2, 0.25) is 0 Å². The minimum atomic E-state index is -0.150. The second kappa shape index (κ2) is 10.9. The Labute approximate surface area is 218 Å². The van der Waals surface area contributed by atoms with Crippen molar-refractivity contribution in [1.29, 1.82) is 0 Å². The van der Waals surface area contributed by atoms with Crippen LogP contribution in [0.4, 0.5) is 5.69 Å². The summed E-state index contributed by atoms with van der Waals surface area (Å²) in [4.78, 5) is 35.9. The first kappa shape index (κ1) is 24.5. The molecule has 4 aromatic rings. The number of aromatic nitrogens is 2. The van der Waals surface area contributed by atoms with Gasteiger partial charge in [-0.1, -0.05) is 36.9 Å². The van der Waals surface area contributed by atoms with Crippen molar-refractivity contribution >= 4 is 44.9 Å². The largest absolute Gasteiger partial charge is 0.494 e. The first-order valence-electron chi connectivity index (χ1n) is 12.1. The third-order valence-electron chi connectivity index (χ3n) is 6.17. The van der Waals surface area contributed by atoms with E-state index in [4.69, 9.17) is 9.72 Å². The van der Waals surface area contributed by atoms with E-state index in [-0.39, 0.29) is 17.2 Å². The Kier molecular flexibility index (Phi) is 7.41. The van der Waals surface area contributed by atoms with Gasteiger partial charge in [-0.15, -0.1) is 11.3 Å². The van der Waals surface area contributed by atoms with Gasteiger partial charge in [0.25, 0.3) is 5.56 Å². The normalized spacial score (nSPS) is 13.5. The maximum Gasteiger partial charge on any atom is 0.267 e. The molecule has 1 aliphatic heterocycles. The summed E-state index contributed by atoms with van der Waals surface area (Å²) in [7, 11) is 0. The summed E-state index contributed by atoms with van der Waals surface area (Å²) >= 11 is 2.87. The van der Waals surface area contributed by atoms with E-state index >= 15 is 0 Å². The minimum Gasteiger partial charge on any atom is -0.494 e. The molecule has 2 aromatic carbocycles. The van der Waals surface area contributed by atoms with Crippen molar-refractivity contribution in [3.63, 3.8) is 0 Å². The number of thiophene rings is 1. The number of amides is 1. The van der Waals surface area contributed by atoms with Gasteiger partial charge in [0.05, 0.1) is 23.4 Å². The van der Waals surface area contributed by atoms with E-state index in [9.17, 15) is 9.59 Å². The number of fused-ring (bicyclic) bond motifs is 3. The molecule has 3 heterocycles. The lowest BCUT2D eigenvalue weighted by Gasteiger charge is -2.25. The molecule has 5 rings (SSSR count). The average Bonchev–Trinajstić information content (AvgIpc) is 3.26. The van der Waals surface area contributed by atoms with Crippen LogP contribution < -0.4 is 15.6 Å². The molecule has 36 heavy (non-hydrogen) atoms. The molecule has 2 aromatic heterocycles. The van der Waals surface area contributed by atoms with Gasteiger partial charge in [0, 0.05) is 23.7 Å². The highest BCUT2D eigenvalue weighted by atomic mass is 32.2. The van der Waals surface area contributed by atoms with Crippen molar-refractivity contribution in [2.75, 3.05) is 30.8 Å². The molecule has 1 N–H and O–H groups in total. The third-order valence-corrected chi connectivity index (χ3v) is 8.22. The highest BCUT2D eigenvalue weighted by molar-refractivity contribution is 7.99. The number of para-hydroxylation sites is 1. The van der Waals surface area contributed by atoms with Crippen LogP contribution in [0.15, 0.2) is 64.5 Å². The molecule has 0 fully saturated rings. The standard InChI is InChI=1S/C27H28N4O3S2/c1-3-30-15-14-21-22(16-30)36-25-24(21)26(33)31(19-10-12-20(13-11-19)34-4-2)27(29-25)35-17-23(32)28-18-8-6-5-7-9-18/h5-13H,3-4,14-17H2,1-2H3,(H,28,32). The highest BCUT2D eigenvalue weighted by Gasteiger charge is 2.25. The molecule has 0 saturated heterocycles. The first-order valence-corrected chi connectivity index (χ1v) is 13.9. The number of likely N-dealkylation sites (N-methyl/N-ethyl adjacent to an activating group) is 1. The molecule has 9 heteroatoms. The number of carbonyl (C=O) groups is 1. The lowest BCUT2D eigenvalue weighted by atomic mass is 10.1. The quantitative estimate of drug-likeness (QED) is 0.262. The predicted molar refractivity (Wildman–Crippen MR) is 147 cm³/mol. The van der Waals surface area contributed by atoms with Crippen molar-refractivity contribution in [3.05, 3.63) is 75.4 Å². The van der Waals surface area contributed by atoms with E-state index in [1.54, 1.807) is 15.9 Å². The second-order valence-electron chi connectivity index (χ2n) is 8.47. The van der Waals surface area contributed by atoms with Crippen LogP contribution in [0.1, 0.15) is 24.3 Å². The summed E-state index contributed by atoms with van der Waals surface area (Å²) in [6.45, 7) is 7.43. The smallest absolute Gasteiger partial charge is 0.267 e. The molecule has 0 unspecified atom stereocenters. The van der Waals surface area contributed by atoms with E-state index in [1.165, 1.54) is 16.6 Å². The molecule has 0 spiro atoms. The molecule has 0 bridgehead atoms. The van der Waals surface area contributed by atoms with Gasteiger partial charge in [-0.3, -0.25) is 19.1 Å². The van der Waals surface area contributed by atoms with Crippen LogP contribution in [-0.2, 0) is 17.8 Å². The van der Waals surface area contributed by atoms with Crippen molar-refractivity contribution in [1.82, 2.24) is 14.5 Å². The molecule has 0 atom stereocenters. The van der Waals surface area contributed by atoms with Crippen LogP contribution in [0.5, 0.6) is 5.75 Å². The molecule has 7 nitrogen and oxygen atoms in total. The van der Waals surface area contributed by atoms with Crippen molar-refractivity contribution in [3.8, 4) is 11.4 Å². The summed E-state index contributed by atoms with van der Waals surface area (Å²) in [6.07, 6.45) is 0.843. The fraction of sp³-hybridized carbons (Fsp3) is 0.296. The maximum atomic E-state index is 14.0. The number of hydrogen-bond donors (Lipinski definition) is 1. The van der Waals surface area contributed by atoms with E-state index in [2.05, 4.69) is 17.1 Å². The van der Waals surface area contributed by atoms with E-state index < -0.39 is 0 Å². The monoisotopic (exact) mass is 520 g/mol. The fourth-order valence-corrected chi connectivity index (χ4v) is 6.49. The minimum absolute atomic E-state index is 0.0856. The molecule has 1 aliphatic rings. The Morgan fingerprint density at radius 1 is 1.14 bits per heavy atom. The van der Waals surface area contributed by atoms with Gasteiger partial charge in [-0.2, -0.15) is 0 Å². The lowest BCUT2D eigenvalue weighted by Crippen LogP contribution is -2.30. The number of benzene rings is 2. The maximum absolute atomic E-state index is 14.0. The summed E-state index contributed by atoms with van der Waals surface area (Å²) in [5, 5.41) is 4.11. The number of nitrogens with one attached hydrogen (secondary N) is 1. The van der Waals surface area contributed by atoms with Gasteiger partial charge in [-0.05, 0) is 61.9 Å². The number of thioether (sulfide) groups is 1. The fourth-order valence-electron chi connectivity index (χ4n) is 4.38. The number of ether oxygens (including phenoxy) is 1. The molecule has 1 amide bonds. The average molecular weight is 521 g/mol. The van der Waals surface area contributed by atoms with Crippen molar-refractivity contribution in [2.45, 2.75) is 32.0 Å². The lowest BCUT2D eigenvalue weighted by molar-refractivity contribution is -0.113. The summed E-state index contributed by atoms with van der Waals surface area (Å²) in [5.41, 5.74) is 2.48. The zero-order valence-corrected chi connectivity index (χ0v) is 22.0. The molecule has 0 radical (unpaired) electrons. The van der Waals surface area contributed by atoms with Gasteiger partial charge in [0.2, 0.25) is 5.91 Å². The number of carbonyl (C=O) groups excluding carboxylic acids is 1. The van der Waals surface area contributed by atoms with Crippen molar-refractivity contribution < 1.29 is 9.53 Å². The Morgan fingerprint density at radius 2 is 1.92 bits per heavy atom. The van der Waals surface area contributed by atoms with E-state index in [1.807, 2.05) is 61.5 Å². The topological polar surface area (TPSA) is 76.5 Å².